The second-order valence-corrected chi connectivity index (χ2v) is 4.37. The van der Waals surface area contributed by atoms with Crippen molar-refractivity contribution in [3.05, 3.63) is 71.3 Å². The predicted octanol–water partition coefficient (Wildman–Crippen LogP) is 2.69. The van der Waals surface area contributed by atoms with Gasteiger partial charge in [-0.3, -0.25) is 4.79 Å². The Bertz CT molecular complexity index is 559. The molecule has 0 aromatic heterocycles. The van der Waals surface area contributed by atoms with E-state index in [-0.39, 0.29) is 5.91 Å². The Morgan fingerprint density at radius 2 is 1.79 bits per heavy atom. The third-order valence-electron chi connectivity index (χ3n) is 2.69. The molecule has 0 saturated heterocycles. The third kappa shape index (κ3) is 4.39. The average molecular weight is 252 g/mol. The van der Waals surface area contributed by atoms with Gasteiger partial charge in [-0.05, 0) is 18.1 Å². The van der Waals surface area contributed by atoms with Crippen LogP contribution < -0.4 is 5.43 Å². The molecule has 0 aliphatic heterocycles. The van der Waals surface area contributed by atoms with Crippen molar-refractivity contribution in [3.63, 3.8) is 0 Å². The standard InChI is InChI=1S/C16H16N2O/c1-13-7-9-14(10-8-13)11-16(19)18-17-12-15-5-3-2-4-6-15/h2-10,12H,11H2,1H3,(H,18,19)/b17-12-. The number of rotatable bonds is 4. The van der Waals surface area contributed by atoms with E-state index < -0.39 is 0 Å². The maximum absolute atomic E-state index is 11.7. The van der Waals surface area contributed by atoms with Crippen LogP contribution in [-0.2, 0) is 11.2 Å². The van der Waals surface area contributed by atoms with E-state index in [1.807, 2.05) is 61.5 Å². The molecule has 2 aromatic rings. The summed E-state index contributed by atoms with van der Waals surface area (Å²) in [5, 5.41) is 3.93. The second-order valence-electron chi connectivity index (χ2n) is 4.37. The van der Waals surface area contributed by atoms with Crippen molar-refractivity contribution < 1.29 is 4.79 Å². The van der Waals surface area contributed by atoms with E-state index in [0.717, 1.165) is 11.1 Å². The summed E-state index contributed by atoms with van der Waals surface area (Å²) in [6.07, 6.45) is 1.97. The maximum atomic E-state index is 11.7. The number of carbonyl (C=O) groups is 1. The molecule has 2 rings (SSSR count). The fourth-order valence-electron chi connectivity index (χ4n) is 1.65. The molecule has 3 nitrogen and oxygen atoms in total. The Kier molecular flexibility index (Phi) is 4.45. The van der Waals surface area contributed by atoms with Crippen molar-refractivity contribution in [1.82, 2.24) is 5.43 Å². The lowest BCUT2D eigenvalue weighted by Gasteiger charge is -2.01. The largest absolute Gasteiger partial charge is 0.273 e. The first-order valence-corrected chi connectivity index (χ1v) is 6.16. The number of aryl methyl sites for hydroxylation is 1. The highest BCUT2D eigenvalue weighted by atomic mass is 16.2. The van der Waals surface area contributed by atoms with E-state index in [9.17, 15) is 4.79 Å². The molecule has 1 N–H and O–H groups in total. The molecule has 0 saturated carbocycles. The van der Waals surface area contributed by atoms with Gasteiger partial charge in [0.25, 0.3) is 0 Å². The van der Waals surface area contributed by atoms with Crippen LogP contribution in [0.25, 0.3) is 0 Å². The molecule has 0 aliphatic carbocycles. The molecule has 0 bridgehead atoms. The van der Waals surface area contributed by atoms with E-state index in [4.69, 9.17) is 0 Å². The fraction of sp³-hybridized carbons (Fsp3) is 0.125. The van der Waals surface area contributed by atoms with Crippen molar-refractivity contribution in [1.29, 1.82) is 0 Å². The number of amides is 1. The summed E-state index contributed by atoms with van der Waals surface area (Å²) in [5.41, 5.74) is 5.65. The van der Waals surface area contributed by atoms with Crippen LogP contribution in [0.3, 0.4) is 0 Å². The Hall–Kier alpha value is -2.42. The number of hydrogen-bond donors (Lipinski definition) is 1. The molecule has 1 amide bonds. The summed E-state index contributed by atoms with van der Waals surface area (Å²) in [4.78, 5) is 11.7. The molecule has 2 aromatic carbocycles. The first-order chi connectivity index (χ1) is 9.24. The minimum atomic E-state index is -0.115. The van der Waals surface area contributed by atoms with Crippen LogP contribution in [0.2, 0.25) is 0 Å². The molecule has 0 spiro atoms. The minimum Gasteiger partial charge on any atom is -0.273 e. The van der Waals surface area contributed by atoms with Crippen molar-refractivity contribution in [2.24, 2.45) is 5.10 Å². The van der Waals surface area contributed by atoms with E-state index in [0.29, 0.717) is 6.42 Å². The average Bonchev–Trinajstić information content (AvgIpc) is 2.43. The second kappa shape index (κ2) is 6.50. The van der Waals surface area contributed by atoms with Gasteiger partial charge in [0.2, 0.25) is 5.91 Å². The number of hydrazone groups is 1. The first-order valence-electron chi connectivity index (χ1n) is 6.16. The molecule has 0 heterocycles. The van der Waals surface area contributed by atoms with Gasteiger partial charge in [-0.25, -0.2) is 5.43 Å². The van der Waals surface area contributed by atoms with Crippen LogP contribution in [-0.4, -0.2) is 12.1 Å². The zero-order valence-corrected chi connectivity index (χ0v) is 10.8. The monoisotopic (exact) mass is 252 g/mol. The van der Waals surface area contributed by atoms with Gasteiger partial charge >= 0.3 is 0 Å². The molecule has 0 fully saturated rings. The number of nitrogens with one attached hydrogen (secondary N) is 1. The highest BCUT2D eigenvalue weighted by Crippen LogP contribution is 2.03. The summed E-state index contributed by atoms with van der Waals surface area (Å²) < 4.78 is 0. The van der Waals surface area contributed by atoms with Crippen molar-refractivity contribution >= 4 is 12.1 Å². The van der Waals surface area contributed by atoms with Gasteiger partial charge in [0, 0.05) is 0 Å². The molecule has 0 unspecified atom stereocenters. The number of nitrogens with zero attached hydrogens (tertiary/aromatic N) is 1. The number of hydrogen-bond acceptors (Lipinski definition) is 2. The topological polar surface area (TPSA) is 41.5 Å². The van der Waals surface area contributed by atoms with E-state index >= 15 is 0 Å². The van der Waals surface area contributed by atoms with Gasteiger partial charge in [0.15, 0.2) is 0 Å². The summed E-state index contributed by atoms with van der Waals surface area (Å²) >= 11 is 0. The smallest absolute Gasteiger partial charge is 0.244 e. The molecule has 0 radical (unpaired) electrons. The molecule has 3 heteroatoms. The van der Waals surface area contributed by atoms with Crippen LogP contribution in [0.15, 0.2) is 59.7 Å². The van der Waals surface area contributed by atoms with Gasteiger partial charge in [-0.1, -0.05) is 60.2 Å². The highest BCUT2D eigenvalue weighted by molar-refractivity contribution is 5.83. The van der Waals surface area contributed by atoms with Crippen molar-refractivity contribution in [2.45, 2.75) is 13.3 Å². The van der Waals surface area contributed by atoms with Crippen molar-refractivity contribution in [3.8, 4) is 0 Å². The zero-order valence-electron chi connectivity index (χ0n) is 10.8. The van der Waals surface area contributed by atoms with E-state index in [2.05, 4.69) is 10.5 Å². The van der Waals surface area contributed by atoms with E-state index in [1.165, 1.54) is 5.56 Å². The summed E-state index contributed by atoms with van der Waals surface area (Å²) in [6, 6.07) is 17.5. The van der Waals surface area contributed by atoms with Crippen LogP contribution >= 0.6 is 0 Å². The van der Waals surface area contributed by atoms with Gasteiger partial charge in [-0.15, -0.1) is 0 Å². The molecular formula is C16H16N2O. The minimum absolute atomic E-state index is 0.115. The quantitative estimate of drug-likeness (QED) is 0.659. The van der Waals surface area contributed by atoms with E-state index in [1.54, 1.807) is 6.21 Å². The zero-order chi connectivity index (χ0) is 13.5. The molecule has 96 valence electrons. The van der Waals surface area contributed by atoms with Gasteiger partial charge in [-0.2, -0.15) is 5.10 Å². The van der Waals surface area contributed by atoms with Gasteiger partial charge < -0.3 is 0 Å². The Balaban J connectivity index is 1.85. The number of carbonyl (C=O) groups excluding carboxylic acids is 1. The Morgan fingerprint density at radius 1 is 1.11 bits per heavy atom. The highest BCUT2D eigenvalue weighted by Gasteiger charge is 2.01. The van der Waals surface area contributed by atoms with Crippen LogP contribution in [0.5, 0.6) is 0 Å². The summed E-state index contributed by atoms with van der Waals surface area (Å²) in [5.74, 6) is -0.115. The molecule has 19 heavy (non-hydrogen) atoms. The molecular weight excluding hydrogens is 236 g/mol. The third-order valence-corrected chi connectivity index (χ3v) is 2.69. The van der Waals surface area contributed by atoms with Gasteiger partial charge in [0.05, 0.1) is 12.6 Å². The normalized spacial score (nSPS) is 10.6. The predicted molar refractivity (Wildman–Crippen MR) is 77.1 cm³/mol. The van der Waals surface area contributed by atoms with Crippen LogP contribution in [0.4, 0.5) is 0 Å². The molecule has 0 atom stereocenters. The maximum Gasteiger partial charge on any atom is 0.244 e. The summed E-state index contributed by atoms with van der Waals surface area (Å²) in [6.45, 7) is 2.02. The molecule has 0 aliphatic rings. The fourth-order valence-corrected chi connectivity index (χ4v) is 1.65. The van der Waals surface area contributed by atoms with Crippen LogP contribution in [0, 0.1) is 6.92 Å². The Morgan fingerprint density at radius 3 is 2.47 bits per heavy atom. The first kappa shape index (κ1) is 13.0. The van der Waals surface area contributed by atoms with Crippen LogP contribution in [0.1, 0.15) is 16.7 Å². The lowest BCUT2D eigenvalue weighted by molar-refractivity contribution is -0.120. The number of benzene rings is 2. The Labute approximate surface area is 113 Å². The summed E-state index contributed by atoms with van der Waals surface area (Å²) in [7, 11) is 0. The lowest BCUT2D eigenvalue weighted by atomic mass is 10.1. The SMILES string of the molecule is Cc1ccc(CC(=O)N/N=C\c2ccccc2)cc1. The lowest BCUT2D eigenvalue weighted by Crippen LogP contribution is -2.19. The van der Waals surface area contributed by atoms with Crippen molar-refractivity contribution in [2.75, 3.05) is 0 Å². The van der Waals surface area contributed by atoms with Gasteiger partial charge in [0.1, 0.15) is 0 Å².